The number of aromatic nitrogens is 3. The quantitative estimate of drug-likeness (QED) is 0.790. The first-order chi connectivity index (χ1) is 9.21. The molecule has 2 rings (SSSR count). The molecule has 0 amide bonds. The summed E-state index contributed by atoms with van der Waals surface area (Å²) in [5.41, 5.74) is -0.0624. The molecular weight excluding hydrogens is 248 g/mol. The highest BCUT2D eigenvalue weighted by atomic mass is 16.5. The molecule has 0 spiro atoms. The molecule has 1 aromatic rings. The van der Waals surface area contributed by atoms with Gasteiger partial charge in [0.1, 0.15) is 0 Å². The molecule has 0 aliphatic heterocycles. The van der Waals surface area contributed by atoms with Gasteiger partial charge in [0.15, 0.2) is 0 Å². The van der Waals surface area contributed by atoms with Crippen LogP contribution in [0, 0.1) is 5.41 Å². The average Bonchev–Trinajstić information content (AvgIpc) is 2.94. The zero-order valence-corrected chi connectivity index (χ0v) is 11.3. The number of rotatable bonds is 6. The van der Waals surface area contributed by atoms with Crippen molar-refractivity contribution in [1.29, 1.82) is 0 Å². The molecule has 1 aliphatic rings. The zero-order valence-electron chi connectivity index (χ0n) is 11.3. The third kappa shape index (κ3) is 3.23. The van der Waals surface area contributed by atoms with Gasteiger partial charge < -0.3 is 19.9 Å². The predicted molar refractivity (Wildman–Crippen MR) is 69.4 cm³/mol. The van der Waals surface area contributed by atoms with Gasteiger partial charge in [-0.3, -0.25) is 0 Å². The molecule has 0 aromatic carbocycles. The summed E-state index contributed by atoms with van der Waals surface area (Å²) in [4.78, 5) is 12.1. The molecule has 7 nitrogen and oxygen atoms in total. The van der Waals surface area contributed by atoms with Crippen molar-refractivity contribution in [3.63, 3.8) is 0 Å². The highest BCUT2D eigenvalue weighted by Gasteiger charge is 2.33. The summed E-state index contributed by atoms with van der Waals surface area (Å²) in [5.74, 6) is 0.406. The molecule has 7 heteroatoms. The Balaban J connectivity index is 2.06. The first-order valence-electron chi connectivity index (χ1n) is 6.40. The Morgan fingerprint density at radius 1 is 1.11 bits per heavy atom. The topological polar surface area (TPSA) is 89.4 Å². The molecule has 0 unspecified atom stereocenters. The van der Waals surface area contributed by atoms with Crippen molar-refractivity contribution < 1.29 is 14.6 Å². The molecule has 0 radical (unpaired) electrons. The van der Waals surface area contributed by atoms with Crippen molar-refractivity contribution in [3.05, 3.63) is 0 Å². The van der Waals surface area contributed by atoms with Crippen molar-refractivity contribution in [3.8, 4) is 12.0 Å². The predicted octanol–water partition coefficient (Wildman–Crippen LogP) is 0.853. The lowest BCUT2D eigenvalue weighted by Crippen LogP contribution is -2.31. The van der Waals surface area contributed by atoms with Crippen LogP contribution in [-0.2, 0) is 0 Å². The van der Waals surface area contributed by atoms with Gasteiger partial charge in [-0.1, -0.05) is 12.8 Å². The van der Waals surface area contributed by atoms with Crippen LogP contribution in [0.4, 0.5) is 5.95 Å². The maximum Gasteiger partial charge on any atom is 0.324 e. The van der Waals surface area contributed by atoms with Gasteiger partial charge in [0.05, 0.1) is 20.8 Å². The molecule has 1 aliphatic carbocycles. The van der Waals surface area contributed by atoms with E-state index in [-0.39, 0.29) is 24.0 Å². The molecule has 1 heterocycles. The summed E-state index contributed by atoms with van der Waals surface area (Å²) in [6, 6.07) is 0.414. The molecule has 0 atom stereocenters. The van der Waals surface area contributed by atoms with E-state index in [0.717, 1.165) is 25.7 Å². The Kier molecular flexibility index (Phi) is 4.36. The second kappa shape index (κ2) is 6.01. The number of aliphatic hydroxyl groups is 1. The van der Waals surface area contributed by atoms with Gasteiger partial charge in [-0.2, -0.15) is 9.97 Å². The van der Waals surface area contributed by atoms with Crippen LogP contribution in [0.5, 0.6) is 12.0 Å². The highest BCUT2D eigenvalue weighted by Crippen LogP contribution is 2.37. The van der Waals surface area contributed by atoms with E-state index in [9.17, 15) is 5.11 Å². The fraction of sp³-hybridized carbons (Fsp3) is 0.750. The smallest absolute Gasteiger partial charge is 0.324 e. The molecule has 0 saturated heterocycles. The van der Waals surface area contributed by atoms with Crippen LogP contribution in [-0.4, -0.2) is 47.4 Å². The second-order valence-corrected chi connectivity index (χ2v) is 4.85. The zero-order chi connectivity index (χ0) is 13.7. The summed E-state index contributed by atoms with van der Waals surface area (Å²) >= 11 is 0. The van der Waals surface area contributed by atoms with Crippen LogP contribution in [0.2, 0.25) is 0 Å². The minimum absolute atomic E-state index is 0.0624. The summed E-state index contributed by atoms with van der Waals surface area (Å²) < 4.78 is 9.98. The maximum atomic E-state index is 9.55. The van der Waals surface area contributed by atoms with E-state index in [1.165, 1.54) is 14.2 Å². The summed E-state index contributed by atoms with van der Waals surface area (Å²) in [5, 5.41) is 12.7. The largest absolute Gasteiger partial charge is 0.467 e. The molecule has 19 heavy (non-hydrogen) atoms. The Hall–Kier alpha value is -1.63. The minimum atomic E-state index is -0.0624. The van der Waals surface area contributed by atoms with Gasteiger partial charge in [0.25, 0.3) is 0 Å². The van der Waals surface area contributed by atoms with E-state index < -0.39 is 0 Å². The number of anilines is 1. The van der Waals surface area contributed by atoms with Crippen molar-refractivity contribution in [1.82, 2.24) is 15.0 Å². The molecule has 1 saturated carbocycles. The van der Waals surface area contributed by atoms with Gasteiger partial charge in [-0.15, -0.1) is 4.98 Å². The molecule has 1 fully saturated rings. The first-order valence-corrected chi connectivity index (χ1v) is 6.40. The fourth-order valence-corrected chi connectivity index (χ4v) is 2.38. The van der Waals surface area contributed by atoms with E-state index in [1.807, 2.05) is 0 Å². The van der Waals surface area contributed by atoms with Crippen LogP contribution in [0.15, 0.2) is 0 Å². The summed E-state index contributed by atoms with van der Waals surface area (Å²) in [7, 11) is 2.98. The maximum absolute atomic E-state index is 9.55. The number of methoxy groups -OCH3 is 2. The number of nitrogens with one attached hydrogen (secondary N) is 1. The van der Waals surface area contributed by atoms with Gasteiger partial charge in [-0.25, -0.2) is 0 Å². The van der Waals surface area contributed by atoms with Gasteiger partial charge >= 0.3 is 12.0 Å². The normalized spacial score (nSPS) is 17.2. The lowest BCUT2D eigenvalue weighted by Gasteiger charge is -2.26. The van der Waals surface area contributed by atoms with E-state index >= 15 is 0 Å². The monoisotopic (exact) mass is 268 g/mol. The molecule has 1 aromatic heterocycles. The molecule has 2 N–H and O–H groups in total. The number of hydrogen-bond acceptors (Lipinski definition) is 7. The van der Waals surface area contributed by atoms with Crippen LogP contribution in [0.25, 0.3) is 0 Å². The van der Waals surface area contributed by atoms with E-state index in [2.05, 4.69) is 20.3 Å². The van der Waals surface area contributed by atoms with Crippen LogP contribution >= 0.6 is 0 Å². The average molecular weight is 268 g/mol. The van der Waals surface area contributed by atoms with Gasteiger partial charge in [-0.05, 0) is 12.8 Å². The van der Waals surface area contributed by atoms with E-state index in [1.54, 1.807) is 0 Å². The number of ether oxygens (including phenoxy) is 2. The van der Waals surface area contributed by atoms with Crippen molar-refractivity contribution >= 4 is 5.95 Å². The lowest BCUT2D eigenvalue weighted by atomic mass is 9.87. The van der Waals surface area contributed by atoms with Crippen molar-refractivity contribution in [2.75, 3.05) is 32.7 Å². The first kappa shape index (κ1) is 13.8. The molecular formula is C12H20N4O3. The number of aliphatic hydroxyl groups excluding tert-OH is 1. The van der Waals surface area contributed by atoms with E-state index in [4.69, 9.17) is 9.47 Å². The SMILES string of the molecule is COc1nc(NCC2(CO)CCCC2)nc(OC)n1. The van der Waals surface area contributed by atoms with Gasteiger partial charge in [0, 0.05) is 12.0 Å². The van der Waals surface area contributed by atoms with Crippen LogP contribution in [0.1, 0.15) is 25.7 Å². The third-order valence-electron chi connectivity index (χ3n) is 3.58. The highest BCUT2D eigenvalue weighted by molar-refractivity contribution is 5.28. The summed E-state index contributed by atoms with van der Waals surface area (Å²) in [6.45, 7) is 0.819. The number of nitrogens with zero attached hydrogens (tertiary/aromatic N) is 3. The van der Waals surface area contributed by atoms with Gasteiger partial charge in [0.2, 0.25) is 5.95 Å². The molecule has 0 bridgehead atoms. The Morgan fingerprint density at radius 2 is 1.68 bits per heavy atom. The number of hydrogen-bond donors (Lipinski definition) is 2. The van der Waals surface area contributed by atoms with Crippen molar-refractivity contribution in [2.45, 2.75) is 25.7 Å². The second-order valence-electron chi connectivity index (χ2n) is 4.85. The third-order valence-corrected chi connectivity index (χ3v) is 3.58. The molecule has 106 valence electrons. The summed E-state index contributed by atoms with van der Waals surface area (Å²) in [6.07, 6.45) is 4.36. The van der Waals surface area contributed by atoms with Crippen LogP contribution < -0.4 is 14.8 Å². The Morgan fingerprint density at radius 3 is 2.16 bits per heavy atom. The van der Waals surface area contributed by atoms with Crippen LogP contribution in [0.3, 0.4) is 0 Å². The Labute approximate surface area is 112 Å². The van der Waals surface area contributed by atoms with Crippen molar-refractivity contribution in [2.24, 2.45) is 5.41 Å². The lowest BCUT2D eigenvalue weighted by molar-refractivity contribution is 0.142. The Bertz CT molecular complexity index is 399. The minimum Gasteiger partial charge on any atom is -0.467 e. The van der Waals surface area contributed by atoms with E-state index in [0.29, 0.717) is 12.5 Å². The fourth-order valence-electron chi connectivity index (χ4n) is 2.38. The standard InChI is InChI=1S/C12H20N4O3/c1-18-10-14-9(15-11(16-10)19-2)13-7-12(8-17)5-3-4-6-12/h17H,3-8H2,1-2H3,(H,13,14,15,16).